The van der Waals surface area contributed by atoms with E-state index in [0.717, 1.165) is 24.3 Å². The van der Waals surface area contributed by atoms with E-state index in [1.54, 1.807) is 0 Å². The Bertz CT molecular complexity index is 452. The van der Waals surface area contributed by atoms with E-state index in [0.29, 0.717) is 18.9 Å². The van der Waals surface area contributed by atoms with Crippen LogP contribution in [0.1, 0.15) is 18.9 Å². The van der Waals surface area contributed by atoms with Crippen LogP contribution in [0.25, 0.3) is 0 Å². The van der Waals surface area contributed by atoms with Gasteiger partial charge < -0.3 is 16.0 Å². The molecule has 0 spiro atoms. The summed E-state index contributed by atoms with van der Waals surface area (Å²) in [7, 11) is 0. The summed E-state index contributed by atoms with van der Waals surface area (Å²) in [5.74, 6) is 0.495. The van der Waals surface area contributed by atoms with Crippen molar-refractivity contribution in [1.29, 1.82) is 0 Å². The molecule has 1 fully saturated rings. The summed E-state index contributed by atoms with van der Waals surface area (Å²) in [5.41, 5.74) is 1.79. The van der Waals surface area contributed by atoms with Crippen molar-refractivity contribution in [2.24, 2.45) is 5.92 Å². The molecule has 0 aliphatic carbocycles. The smallest absolute Gasteiger partial charge is 0.221 e. The highest BCUT2D eigenvalue weighted by atomic mass is 16.2. The first-order chi connectivity index (χ1) is 9.13. The van der Waals surface area contributed by atoms with Crippen LogP contribution in [0.5, 0.6) is 0 Å². The predicted molar refractivity (Wildman–Crippen MR) is 73.6 cm³/mol. The first-order valence-electron chi connectivity index (χ1n) is 6.47. The minimum absolute atomic E-state index is 0.0878. The van der Waals surface area contributed by atoms with Crippen molar-refractivity contribution in [3.63, 3.8) is 0 Å². The van der Waals surface area contributed by atoms with Crippen LogP contribution in [0.3, 0.4) is 0 Å². The molecule has 0 saturated carbocycles. The van der Waals surface area contributed by atoms with Gasteiger partial charge in [0.15, 0.2) is 0 Å². The fourth-order valence-corrected chi connectivity index (χ4v) is 1.94. The maximum atomic E-state index is 11.6. The SMILES string of the molecule is CC(=O)Nc1ccc(CNC(=O)CC2CNC2)cc1. The highest BCUT2D eigenvalue weighted by molar-refractivity contribution is 5.88. The Morgan fingerprint density at radius 1 is 1.26 bits per heavy atom. The van der Waals surface area contributed by atoms with Gasteiger partial charge in [0.2, 0.25) is 11.8 Å². The van der Waals surface area contributed by atoms with Gasteiger partial charge in [0, 0.05) is 25.6 Å². The third-order valence-electron chi connectivity index (χ3n) is 3.10. The molecule has 1 aliphatic heterocycles. The Labute approximate surface area is 112 Å². The predicted octanol–water partition coefficient (Wildman–Crippen LogP) is 0.871. The number of anilines is 1. The lowest BCUT2D eigenvalue weighted by Crippen LogP contribution is -2.44. The fraction of sp³-hybridized carbons (Fsp3) is 0.429. The number of rotatable bonds is 5. The molecule has 1 heterocycles. The maximum absolute atomic E-state index is 11.6. The monoisotopic (exact) mass is 261 g/mol. The normalized spacial score (nSPS) is 14.6. The molecule has 0 radical (unpaired) electrons. The largest absolute Gasteiger partial charge is 0.352 e. The molecule has 2 rings (SSSR count). The third kappa shape index (κ3) is 4.37. The molecular weight excluding hydrogens is 242 g/mol. The Morgan fingerprint density at radius 3 is 2.47 bits per heavy atom. The van der Waals surface area contributed by atoms with Crippen LogP contribution < -0.4 is 16.0 Å². The zero-order valence-corrected chi connectivity index (χ0v) is 11.0. The van der Waals surface area contributed by atoms with Gasteiger partial charge in [-0.15, -0.1) is 0 Å². The third-order valence-corrected chi connectivity index (χ3v) is 3.10. The molecule has 5 nitrogen and oxygen atoms in total. The Hall–Kier alpha value is -1.88. The van der Waals surface area contributed by atoms with Gasteiger partial charge in [-0.25, -0.2) is 0 Å². The van der Waals surface area contributed by atoms with Crippen molar-refractivity contribution < 1.29 is 9.59 Å². The molecule has 0 unspecified atom stereocenters. The van der Waals surface area contributed by atoms with Crippen molar-refractivity contribution in [1.82, 2.24) is 10.6 Å². The first-order valence-corrected chi connectivity index (χ1v) is 6.47. The van der Waals surface area contributed by atoms with Crippen LogP contribution >= 0.6 is 0 Å². The standard InChI is InChI=1S/C14H19N3O2/c1-10(18)17-13-4-2-11(3-5-13)9-16-14(19)6-12-7-15-8-12/h2-5,12,15H,6-9H2,1H3,(H,16,19)(H,17,18). The lowest BCUT2D eigenvalue weighted by molar-refractivity contribution is -0.122. The summed E-state index contributed by atoms with van der Waals surface area (Å²) in [6.07, 6.45) is 0.594. The quantitative estimate of drug-likeness (QED) is 0.736. The van der Waals surface area contributed by atoms with E-state index in [1.165, 1.54) is 6.92 Å². The highest BCUT2D eigenvalue weighted by Crippen LogP contribution is 2.10. The molecule has 0 bridgehead atoms. The number of nitrogens with one attached hydrogen (secondary N) is 3. The van der Waals surface area contributed by atoms with E-state index < -0.39 is 0 Å². The molecule has 19 heavy (non-hydrogen) atoms. The second-order valence-corrected chi connectivity index (χ2v) is 4.88. The van der Waals surface area contributed by atoms with E-state index in [4.69, 9.17) is 0 Å². The van der Waals surface area contributed by atoms with Gasteiger partial charge in [-0.3, -0.25) is 9.59 Å². The van der Waals surface area contributed by atoms with E-state index in [-0.39, 0.29) is 11.8 Å². The Kier molecular flexibility index (Phi) is 4.52. The molecule has 0 atom stereocenters. The van der Waals surface area contributed by atoms with Gasteiger partial charge in [-0.2, -0.15) is 0 Å². The minimum Gasteiger partial charge on any atom is -0.352 e. The molecule has 5 heteroatoms. The van der Waals surface area contributed by atoms with Crippen molar-refractivity contribution in [2.45, 2.75) is 19.9 Å². The van der Waals surface area contributed by atoms with Gasteiger partial charge in [0.25, 0.3) is 0 Å². The summed E-state index contributed by atoms with van der Waals surface area (Å²) in [4.78, 5) is 22.5. The van der Waals surface area contributed by atoms with Gasteiger partial charge in [0.1, 0.15) is 0 Å². The average molecular weight is 261 g/mol. The van der Waals surface area contributed by atoms with Gasteiger partial charge in [-0.05, 0) is 36.7 Å². The van der Waals surface area contributed by atoms with Crippen LogP contribution in [-0.4, -0.2) is 24.9 Å². The lowest BCUT2D eigenvalue weighted by atomic mass is 9.99. The lowest BCUT2D eigenvalue weighted by Gasteiger charge is -2.26. The van der Waals surface area contributed by atoms with E-state index >= 15 is 0 Å². The second kappa shape index (κ2) is 6.33. The fourth-order valence-electron chi connectivity index (χ4n) is 1.94. The van der Waals surface area contributed by atoms with Crippen LogP contribution in [0, 0.1) is 5.92 Å². The van der Waals surface area contributed by atoms with Crippen LogP contribution in [0.4, 0.5) is 5.69 Å². The number of hydrogen-bond donors (Lipinski definition) is 3. The van der Waals surface area contributed by atoms with Crippen LogP contribution in [0.2, 0.25) is 0 Å². The summed E-state index contributed by atoms with van der Waals surface area (Å²) < 4.78 is 0. The summed E-state index contributed by atoms with van der Waals surface area (Å²) >= 11 is 0. The molecule has 1 saturated heterocycles. The average Bonchev–Trinajstić information content (AvgIpc) is 2.32. The molecule has 1 aromatic rings. The van der Waals surface area contributed by atoms with Crippen LogP contribution in [-0.2, 0) is 16.1 Å². The number of carbonyl (C=O) groups is 2. The number of amides is 2. The van der Waals surface area contributed by atoms with Crippen LogP contribution in [0.15, 0.2) is 24.3 Å². The first kappa shape index (κ1) is 13.5. The van der Waals surface area contributed by atoms with Crippen molar-refractivity contribution >= 4 is 17.5 Å². The highest BCUT2D eigenvalue weighted by Gasteiger charge is 2.19. The topological polar surface area (TPSA) is 70.2 Å². The minimum atomic E-state index is -0.0878. The van der Waals surface area contributed by atoms with Gasteiger partial charge in [-0.1, -0.05) is 12.1 Å². The van der Waals surface area contributed by atoms with Gasteiger partial charge in [0.05, 0.1) is 0 Å². The molecular formula is C14H19N3O2. The summed E-state index contributed by atoms with van der Waals surface area (Å²) in [6.45, 7) is 3.89. The summed E-state index contributed by atoms with van der Waals surface area (Å²) in [6, 6.07) is 7.46. The van der Waals surface area contributed by atoms with E-state index in [2.05, 4.69) is 16.0 Å². The molecule has 3 N–H and O–H groups in total. The molecule has 1 aromatic carbocycles. The zero-order chi connectivity index (χ0) is 13.7. The molecule has 1 aliphatic rings. The Balaban J connectivity index is 1.75. The van der Waals surface area contributed by atoms with Crippen molar-refractivity contribution in [3.8, 4) is 0 Å². The second-order valence-electron chi connectivity index (χ2n) is 4.88. The number of hydrogen-bond acceptors (Lipinski definition) is 3. The summed E-state index contributed by atoms with van der Waals surface area (Å²) in [5, 5.41) is 8.76. The molecule has 0 aromatic heterocycles. The van der Waals surface area contributed by atoms with Crippen molar-refractivity contribution in [2.75, 3.05) is 18.4 Å². The number of carbonyl (C=O) groups excluding carboxylic acids is 2. The van der Waals surface area contributed by atoms with Gasteiger partial charge >= 0.3 is 0 Å². The Morgan fingerprint density at radius 2 is 1.95 bits per heavy atom. The molecule has 2 amide bonds. The van der Waals surface area contributed by atoms with E-state index in [9.17, 15) is 9.59 Å². The maximum Gasteiger partial charge on any atom is 0.221 e. The van der Waals surface area contributed by atoms with E-state index in [1.807, 2.05) is 24.3 Å². The molecule has 102 valence electrons. The van der Waals surface area contributed by atoms with Crippen molar-refractivity contribution in [3.05, 3.63) is 29.8 Å². The zero-order valence-electron chi connectivity index (χ0n) is 11.0. The number of benzene rings is 1.